The molecule has 0 aliphatic heterocycles. The van der Waals surface area contributed by atoms with Crippen LogP contribution in [-0.4, -0.2) is 10.9 Å². The Morgan fingerprint density at radius 2 is 1.78 bits per heavy atom. The van der Waals surface area contributed by atoms with Gasteiger partial charge in [0, 0.05) is 16.9 Å². The first kappa shape index (κ1) is 17.2. The fraction of sp³-hybridized carbons (Fsp3) is 0.263. The van der Waals surface area contributed by atoms with Gasteiger partial charge in [-0.15, -0.1) is 0 Å². The third-order valence-corrected chi connectivity index (χ3v) is 3.90. The van der Waals surface area contributed by atoms with Crippen molar-refractivity contribution in [2.24, 2.45) is 0 Å². The average Bonchev–Trinajstić information content (AvgIpc) is 2.49. The van der Waals surface area contributed by atoms with Crippen LogP contribution in [0.1, 0.15) is 48.2 Å². The number of ketones is 1. The van der Waals surface area contributed by atoms with Gasteiger partial charge < -0.3 is 10.6 Å². The molecule has 0 radical (unpaired) electrons. The Balaban J connectivity index is 2.18. The van der Waals surface area contributed by atoms with Crippen molar-refractivity contribution in [2.75, 3.05) is 10.6 Å². The third kappa shape index (κ3) is 4.39. The van der Waals surface area contributed by atoms with Crippen LogP contribution in [0.5, 0.6) is 0 Å². The maximum absolute atomic E-state index is 11.5. The summed E-state index contributed by atoms with van der Waals surface area (Å²) in [4.78, 5) is 11.5. The number of para-hydroxylation sites is 1. The Hall–Kier alpha value is -2.20. The molecule has 0 heterocycles. The van der Waals surface area contributed by atoms with E-state index in [4.69, 9.17) is 12.2 Å². The van der Waals surface area contributed by atoms with Crippen LogP contribution in [0, 0.1) is 6.92 Å². The van der Waals surface area contributed by atoms with Gasteiger partial charge in [-0.05, 0) is 55.2 Å². The molecular formula is C19H22N2OS. The molecule has 2 aromatic carbocycles. The summed E-state index contributed by atoms with van der Waals surface area (Å²) in [6.07, 6.45) is 0. The molecule has 4 heteroatoms. The molecule has 3 nitrogen and oxygen atoms in total. The fourth-order valence-corrected chi connectivity index (χ4v) is 2.65. The molecule has 120 valence electrons. The van der Waals surface area contributed by atoms with Crippen LogP contribution in [0.4, 0.5) is 11.4 Å². The minimum atomic E-state index is 0.0357. The molecule has 0 aliphatic rings. The minimum Gasteiger partial charge on any atom is -0.332 e. The van der Waals surface area contributed by atoms with Crippen molar-refractivity contribution in [2.45, 2.75) is 33.6 Å². The van der Waals surface area contributed by atoms with Crippen molar-refractivity contribution < 1.29 is 4.79 Å². The van der Waals surface area contributed by atoms with Gasteiger partial charge in [0.15, 0.2) is 10.9 Å². The van der Waals surface area contributed by atoms with E-state index in [0.717, 1.165) is 16.9 Å². The zero-order chi connectivity index (χ0) is 17.0. The van der Waals surface area contributed by atoms with E-state index in [0.29, 0.717) is 16.6 Å². The highest BCUT2D eigenvalue weighted by Crippen LogP contribution is 2.27. The van der Waals surface area contributed by atoms with Gasteiger partial charge in [0.1, 0.15) is 0 Å². The van der Waals surface area contributed by atoms with Crippen LogP contribution in [0.3, 0.4) is 0 Å². The largest absolute Gasteiger partial charge is 0.332 e. The zero-order valence-electron chi connectivity index (χ0n) is 13.9. The van der Waals surface area contributed by atoms with Crippen LogP contribution in [0.15, 0.2) is 42.5 Å². The first-order chi connectivity index (χ1) is 10.9. The van der Waals surface area contributed by atoms with Crippen molar-refractivity contribution >= 4 is 34.5 Å². The van der Waals surface area contributed by atoms with Gasteiger partial charge in [0.25, 0.3) is 0 Å². The Kier molecular flexibility index (Phi) is 5.50. The number of carbonyl (C=O) groups excluding carboxylic acids is 1. The lowest BCUT2D eigenvalue weighted by molar-refractivity contribution is 0.101. The number of Topliss-reactive ketones (excluding diaryl/α,β-unsaturated/α-hetero) is 1. The van der Waals surface area contributed by atoms with Gasteiger partial charge in [0.05, 0.1) is 0 Å². The number of rotatable bonds is 4. The average molecular weight is 326 g/mol. The highest BCUT2D eigenvalue weighted by molar-refractivity contribution is 7.80. The van der Waals surface area contributed by atoms with Crippen LogP contribution < -0.4 is 10.6 Å². The number of thiocarbonyl (C=S) groups is 1. The van der Waals surface area contributed by atoms with E-state index in [9.17, 15) is 4.79 Å². The van der Waals surface area contributed by atoms with Crippen LogP contribution >= 0.6 is 12.2 Å². The van der Waals surface area contributed by atoms with Crippen LogP contribution in [-0.2, 0) is 0 Å². The molecule has 23 heavy (non-hydrogen) atoms. The summed E-state index contributed by atoms with van der Waals surface area (Å²) in [6.45, 7) is 7.94. The van der Waals surface area contributed by atoms with Gasteiger partial charge in [-0.25, -0.2) is 0 Å². The molecular weight excluding hydrogens is 304 g/mol. The van der Waals surface area contributed by atoms with Gasteiger partial charge in [-0.3, -0.25) is 4.79 Å². The second-order valence-corrected chi connectivity index (χ2v) is 6.32. The molecule has 0 amide bonds. The normalized spacial score (nSPS) is 10.5. The summed E-state index contributed by atoms with van der Waals surface area (Å²) < 4.78 is 0. The monoisotopic (exact) mass is 326 g/mol. The molecule has 2 rings (SSSR count). The maximum atomic E-state index is 11.5. The Bertz CT molecular complexity index is 738. The first-order valence-electron chi connectivity index (χ1n) is 7.67. The number of aryl methyl sites for hydroxylation is 1. The maximum Gasteiger partial charge on any atom is 0.175 e. The van der Waals surface area contributed by atoms with Crippen LogP contribution in [0.2, 0.25) is 0 Å². The quantitative estimate of drug-likeness (QED) is 0.603. The number of benzene rings is 2. The first-order valence-corrected chi connectivity index (χ1v) is 8.08. The molecule has 0 saturated carbocycles. The molecule has 0 fully saturated rings. The Morgan fingerprint density at radius 3 is 2.43 bits per heavy atom. The van der Waals surface area contributed by atoms with E-state index in [1.54, 1.807) is 19.1 Å². The second kappa shape index (κ2) is 7.38. The van der Waals surface area contributed by atoms with E-state index >= 15 is 0 Å². The van der Waals surface area contributed by atoms with Crippen molar-refractivity contribution in [3.8, 4) is 0 Å². The van der Waals surface area contributed by atoms with Crippen molar-refractivity contribution in [1.82, 2.24) is 0 Å². The molecule has 0 bridgehead atoms. The molecule has 0 spiro atoms. The van der Waals surface area contributed by atoms with E-state index in [2.05, 4.69) is 49.6 Å². The summed E-state index contributed by atoms with van der Waals surface area (Å²) in [5.41, 5.74) is 4.89. The van der Waals surface area contributed by atoms with E-state index in [1.165, 1.54) is 5.56 Å². The van der Waals surface area contributed by atoms with Crippen molar-refractivity contribution in [3.63, 3.8) is 0 Å². The van der Waals surface area contributed by atoms with Crippen molar-refractivity contribution in [1.29, 1.82) is 0 Å². The van der Waals surface area contributed by atoms with E-state index in [1.807, 2.05) is 12.1 Å². The minimum absolute atomic E-state index is 0.0357. The lowest BCUT2D eigenvalue weighted by Gasteiger charge is -2.18. The summed E-state index contributed by atoms with van der Waals surface area (Å²) >= 11 is 5.43. The number of hydrogen-bond donors (Lipinski definition) is 2. The number of hydrogen-bond acceptors (Lipinski definition) is 2. The summed E-state index contributed by atoms with van der Waals surface area (Å²) in [5, 5.41) is 6.96. The standard InChI is InChI=1S/C19H22N2OS/c1-12(2)17-10-5-7-13(3)18(17)21-19(23)20-16-9-6-8-15(11-16)14(4)22/h5-12H,1-4H3,(H2,20,21,23). The SMILES string of the molecule is CC(=O)c1cccc(NC(=S)Nc2c(C)cccc2C(C)C)c1. The molecule has 0 saturated heterocycles. The molecule has 0 aliphatic carbocycles. The molecule has 2 aromatic rings. The lowest BCUT2D eigenvalue weighted by Crippen LogP contribution is -2.21. The highest BCUT2D eigenvalue weighted by atomic mass is 32.1. The highest BCUT2D eigenvalue weighted by Gasteiger charge is 2.10. The van der Waals surface area contributed by atoms with Gasteiger partial charge in [0.2, 0.25) is 0 Å². The third-order valence-electron chi connectivity index (χ3n) is 3.69. The zero-order valence-corrected chi connectivity index (χ0v) is 14.8. The van der Waals surface area contributed by atoms with E-state index in [-0.39, 0.29) is 5.78 Å². The van der Waals surface area contributed by atoms with Gasteiger partial charge in [-0.1, -0.05) is 44.2 Å². The molecule has 0 unspecified atom stereocenters. The smallest absolute Gasteiger partial charge is 0.175 e. The lowest BCUT2D eigenvalue weighted by atomic mass is 9.98. The van der Waals surface area contributed by atoms with Crippen molar-refractivity contribution in [3.05, 3.63) is 59.2 Å². The predicted molar refractivity (Wildman–Crippen MR) is 102 cm³/mol. The molecule has 0 aromatic heterocycles. The fourth-order valence-electron chi connectivity index (χ4n) is 2.43. The number of carbonyl (C=O) groups is 1. The predicted octanol–water partition coefficient (Wildman–Crippen LogP) is 5.13. The number of anilines is 2. The Morgan fingerprint density at radius 1 is 1.09 bits per heavy atom. The van der Waals surface area contributed by atoms with E-state index < -0.39 is 0 Å². The summed E-state index contributed by atoms with van der Waals surface area (Å²) in [5.74, 6) is 0.440. The number of nitrogens with one attached hydrogen (secondary N) is 2. The molecule has 0 atom stereocenters. The Labute approximate surface area is 143 Å². The topological polar surface area (TPSA) is 41.1 Å². The molecule has 2 N–H and O–H groups in total. The summed E-state index contributed by atoms with van der Waals surface area (Å²) in [6, 6.07) is 13.6. The van der Waals surface area contributed by atoms with Crippen LogP contribution in [0.25, 0.3) is 0 Å². The van der Waals surface area contributed by atoms with Gasteiger partial charge >= 0.3 is 0 Å². The second-order valence-electron chi connectivity index (χ2n) is 5.91. The van der Waals surface area contributed by atoms with Gasteiger partial charge in [-0.2, -0.15) is 0 Å². The summed E-state index contributed by atoms with van der Waals surface area (Å²) in [7, 11) is 0.